The number of rotatable bonds is 3. The van der Waals surface area contributed by atoms with Crippen molar-refractivity contribution >= 4 is 23.1 Å². The van der Waals surface area contributed by atoms with Crippen LogP contribution in [0.4, 0.5) is 4.39 Å². The van der Waals surface area contributed by atoms with Crippen LogP contribution < -0.4 is 0 Å². The molecule has 1 aliphatic rings. The van der Waals surface area contributed by atoms with Gasteiger partial charge in [0.25, 0.3) is 0 Å². The summed E-state index contributed by atoms with van der Waals surface area (Å²) in [5.74, 6) is -0.219. The predicted molar refractivity (Wildman–Crippen MR) is 92.4 cm³/mol. The van der Waals surface area contributed by atoms with Crippen molar-refractivity contribution in [3.63, 3.8) is 0 Å². The minimum absolute atomic E-state index is 0.0118. The fourth-order valence-electron chi connectivity index (χ4n) is 2.77. The van der Waals surface area contributed by atoms with Gasteiger partial charge in [0.1, 0.15) is 11.6 Å². The van der Waals surface area contributed by atoms with Crippen molar-refractivity contribution in [1.29, 1.82) is 0 Å². The molecule has 0 saturated carbocycles. The highest BCUT2D eigenvalue weighted by Gasteiger charge is 2.18. The van der Waals surface area contributed by atoms with Crippen LogP contribution in [0, 0.1) is 5.82 Å². The van der Waals surface area contributed by atoms with Crippen LogP contribution in [0.2, 0.25) is 5.02 Å². The van der Waals surface area contributed by atoms with E-state index in [0.717, 1.165) is 23.1 Å². The summed E-state index contributed by atoms with van der Waals surface area (Å²) in [6.45, 7) is 1.17. The van der Waals surface area contributed by atoms with Gasteiger partial charge in [0.2, 0.25) is 5.91 Å². The van der Waals surface area contributed by atoms with Crippen LogP contribution in [0.15, 0.2) is 48.5 Å². The van der Waals surface area contributed by atoms with Gasteiger partial charge < -0.3 is 10.0 Å². The Hall–Kier alpha value is -2.33. The van der Waals surface area contributed by atoms with E-state index in [-0.39, 0.29) is 28.9 Å². The molecule has 1 N–H and O–H groups in total. The van der Waals surface area contributed by atoms with E-state index in [4.69, 9.17) is 11.6 Å². The molecule has 3 nitrogen and oxygen atoms in total. The molecule has 0 fully saturated rings. The highest BCUT2D eigenvalue weighted by Crippen LogP contribution is 2.25. The van der Waals surface area contributed by atoms with Crippen LogP contribution in [0.1, 0.15) is 17.5 Å². The Balaban J connectivity index is 1.63. The topological polar surface area (TPSA) is 40.5 Å². The first kappa shape index (κ1) is 16.5. The molecule has 2 aromatic carbocycles. The SMILES string of the molecule is O=C(Cc1ccc(O)c(Cl)c1)N1CC=C(c2ccc(F)cc2)CC1. The second kappa shape index (κ2) is 7.05. The number of phenols is 1. The van der Waals surface area contributed by atoms with Gasteiger partial charge in [0.15, 0.2) is 0 Å². The quantitative estimate of drug-likeness (QED) is 0.912. The number of benzene rings is 2. The Morgan fingerprint density at radius 1 is 1.21 bits per heavy atom. The maximum absolute atomic E-state index is 13.0. The van der Waals surface area contributed by atoms with Gasteiger partial charge in [-0.2, -0.15) is 0 Å². The highest BCUT2D eigenvalue weighted by atomic mass is 35.5. The smallest absolute Gasteiger partial charge is 0.227 e. The monoisotopic (exact) mass is 345 g/mol. The van der Waals surface area contributed by atoms with Crippen molar-refractivity contribution in [2.75, 3.05) is 13.1 Å². The molecule has 3 rings (SSSR count). The largest absolute Gasteiger partial charge is 0.506 e. The minimum atomic E-state index is -0.250. The molecule has 0 aliphatic carbocycles. The molecule has 0 saturated heterocycles. The molecule has 0 atom stereocenters. The van der Waals surface area contributed by atoms with Gasteiger partial charge in [0, 0.05) is 13.1 Å². The molecule has 5 heteroatoms. The van der Waals surface area contributed by atoms with E-state index in [1.807, 2.05) is 6.08 Å². The Morgan fingerprint density at radius 3 is 2.58 bits per heavy atom. The van der Waals surface area contributed by atoms with E-state index in [9.17, 15) is 14.3 Å². The summed E-state index contributed by atoms with van der Waals surface area (Å²) in [4.78, 5) is 14.2. The lowest BCUT2D eigenvalue weighted by Gasteiger charge is -2.27. The third-order valence-electron chi connectivity index (χ3n) is 4.14. The lowest BCUT2D eigenvalue weighted by molar-refractivity contribution is -0.130. The van der Waals surface area contributed by atoms with Crippen LogP contribution in [0.25, 0.3) is 5.57 Å². The number of phenolic OH excluding ortho intramolecular Hbond substituents is 1. The molecule has 0 radical (unpaired) electrons. The zero-order valence-electron chi connectivity index (χ0n) is 13.0. The average Bonchev–Trinajstić information content (AvgIpc) is 2.59. The van der Waals surface area contributed by atoms with Crippen LogP contribution in [-0.2, 0) is 11.2 Å². The summed E-state index contributed by atoms with van der Waals surface area (Å²) in [6, 6.07) is 11.2. The summed E-state index contributed by atoms with van der Waals surface area (Å²) >= 11 is 5.87. The molecule has 1 amide bonds. The highest BCUT2D eigenvalue weighted by molar-refractivity contribution is 6.32. The maximum Gasteiger partial charge on any atom is 0.227 e. The van der Waals surface area contributed by atoms with Gasteiger partial charge in [-0.05, 0) is 47.4 Å². The lowest BCUT2D eigenvalue weighted by atomic mass is 9.99. The molecule has 124 valence electrons. The summed E-state index contributed by atoms with van der Waals surface area (Å²) < 4.78 is 13.0. The Bertz CT molecular complexity index is 786. The van der Waals surface area contributed by atoms with Gasteiger partial charge in [-0.3, -0.25) is 4.79 Å². The first-order valence-electron chi connectivity index (χ1n) is 7.73. The maximum atomic E-state index is 13.0. The fraction of sp³-hybridized carbons (Fsp3) is 0.211. The van der Waals surface area contributed by atoms with Gasteiger partial charge in [0.05, 0.1) is 11.4 Å². The Labute approximate surface area is 145 Å². The number of hydrogen-bond donors (Lipinski definition) is 1. The molecular weight excluding hydrogens is 329 g/mol. The molecule has 1 heterocycles. The number of hydrogen-bond acceptors (Lipinski definition) is 2. The zero-order valence-corrected chi connectivity index (χ0v) is 13.8. The fourth-order valence-corrected chi connectivity index (χ4v) is 2.97. The number of halogens is 2. The van der Waals surface area contributed by atoms with Crippen molar-refractivity contribution in [2.24, 2.45) is 0 Å². The van der Waals surface area contributed by atoms with E-state index in [1.54, 1.807) is 29.2 Å². The van der Waals surface area contributed by atoms with E-state index in [2.05, 4.69) is 0 Å². The summed E-state index contributed by atoms with van der Waals surface area (Å²) in [5.41, 5.74) is 2.90. The van der Waals surface area contributed by atoms with Crippen molar-refractivity contribution in [3.05, 3.63) is 70.5 Å². The average molecular weight is 346 g/mol. The summed E-state index contributed by atoms with van der Waals surface area (Å²) in [6.07, 6.45) is 3.01. The molecule has 0 aromatic heterocycles. The summed E-state index contributed by atoms with van der Waals surface area (Å²) in [5, 5.41) is 9.67. The minimum Gasteiger partial charge on any atom is -0.506 e. The first-order chi connectivity index (χ1) is 11.5. The van der Waals surface area contributed by atoms with Crippen LogP contribution >= 0.6 is 11.6 Å². The third kappa shape index (κ3) is 3.77. The molecule has 2 aromatic rings. The second-order valence-corrected chi connectivity index (χ2v) is 6.20. The molecule has 0 bridgehead atoms. The number of carbonyl (C=O) groups is 1. The Morgan fingerprint density at radius 2 is 1.96 bits per heavy atom. The second-order valence-electron chi connectivity index (χ2n) is 5.79. The van der Waals surface area contributed by atoms with Crippen molar-refractivity contribution in [1.82, 2.24) is 4.90 Å². The Kier molecular flexibility index (Phi) is 4.86. The van der Waals surface area contributed by atoms with Crippen LogP contribution in [0.3, 0.4) is 0 Å². The van der Waals surface area contributed by atoms with Crippen molar-refractivity contribution < 1.29 is 14.3 Å². The number of nitrogens with zero attached hydrogens (tertiary/aromatic N) is 1. The predicted octanol–water partition coefficient (Wildman–Crippen LogP) is 4.04. The number of carbonyl (C=O) groups excluding carboxylic acids is 1. The van der Waals surface area contributed by atoms with Gasteiger partial charge in [-0.25, -0.2) is 4.39 Å². The van der Waals surface area contributed by atoms with Gasteiger partial charge in [-0.15, -0.1) is 0 Å². The van der Waals surface area contributed by atoms with Crippen molar-refractivity contribution in [3.8, 4) is 5.75 Å². The molecule has 0 spiro atoms. The van der Waals surface area contributed by atoms with Crippen molar-refractivity contribution in [2.45, 2.75) is 12.8 Å². The van der Waals surface area contributed by atoms with E-state index in [0.29, 0.717) is 13.1 Å². The van der Waals surface area contributed by atoms with E-state index in [1.165, 1.54) is 18.2 Å². The number of amides is 1. The molecule has 0 unspecified atom stereocenters. The normalized spacial score (nSPS) is 14.4. The number of aromatic hydroxyl groups is 1. The molecular formula is C19H17ClFNO2. The van der Waals surface area contributed by atoms with Gasteiger partial charge in [-0.1, -0.05) is 35.9 Å². The zero-order chi connectivity index (χ0) is 17.1. The van der Waals surface area contributed by atoms with E-state index >= 15 is 0 Å². The van der Waals surface area contributed by atoms with E-state index < -0.39 is 0 Å². The lowest BCUT2D eigenvalue weighted by Crippen LogP contribution is -2.35. The standard InChI is InChI=1S/C19H17ClFNO2/c20-17-11-13(1-6-18(17)23)12-19(24)22-9-7-15(8-10-22)14-2-4-16(21)5-3-14/h1-7,11,23H,8-10,12H2. The summed E-state index contributed by atoms with van der Waals surface area (Å²) in [7, 11) is 0. The van der Waals surface area contributed by atoms with Gasteiger partial charge >= 0.3 is 0 Å². The molecule has 24 heavy (non-hydrogen) atoms. The first-order valence-corrected chi connectivity index (χ1v) is 8.11. The van der Waals surface area contributed by atoms with Crippen LogP contribution in [-0.4, -0.2) is 29.0 Å². The van der Waals surface area contributed by atoms with Crippen LogP contribution in [0.5, 0.6) is 5.75 Å². The molecule has 1 aliphatic heterocycles. The third-order valence-corrected chi connectivity index (χ3v) is 4.45.